The molecule has 1 aliphatic rings. The first-order valence-corrected chi connectivity index (χ1v) is 6.71. The second-order valence-corrected chi connectivity index (χ2v) is 4.42. The Bertz CT molecular complexity index is 276. The molecule has 0 heterocycles. The lowest BCUT2D eigenvalue weighted by Crippen LogP contribution is -2.38. The molecule has 0 aliphatic heterocycles. The Labute approximate surface area is 108 Å². The van der Waals surface area contributed by atoms with Crippen LogP contribution in [0.1, 0.15) is 39.5 Å². The van der Waals surface area contributed by atoms with E-state index in [2.05, 4.69) is 0 Å². The summed E-state index contributed by atoms with van der Waals surface area (Å²) in [6.07, 6.45) is 3.27. The van der Waals surface area contributed by atoms with Gasteiger partial charge in [0, 0.05) is 12.6 Å². The highest BCUT2D eigenvalue weighted by molar-refractivity contribution is 5.82. The zero-order valence-electron chi connectivity index (χ0n) is 11.3. The van der Waals surface area contributed by atoms with Gasteiger partial charge in [-0.2, -0.15) is 0 Å². The van der Waals surface area contributed by atoms with Crippen molar-refractivity contribution >= 4 is 11.9 Å². The average Bonchev–Trinajstić information content (AvgIpc) is 3.16. The Balaban J connectivity index is 2.31. The van der Waals surface area contributed by atoms with Gasteiger partial charge in [0.05, 0.1) is 19.6 Å². The van der Waals surface area contributed by atoms with Crippen molar-refractivity contribution in [3.63, 3.8) is 0 Å². The third kappa shape index (κ3) is 5.49. The number of esters is 1. The van der Waals surface area contributed by atoms with Crippen LogP contribution in [0.2, 0.25) is 0 Å². The first-order chi connectivity index (χ1) is 8.69. The van der Waals surface area contributed by atoms with Crippen LogP contribution in [0, 0.1) is 0 Å². The minimum absolute atomic E-state index is 0.0124. The van der Waals surface area contributed by atoms with Crippen molar-refractivity contribution in [2.45, 2.75) is 45.6 Å². The van der Waals surface area contributed by atoms with Crippen LogP contribution in [0.15, 0.2) is 0 Å². The molecule has 5 heteroatoms. The molecule has 0 aromatic heterocycles. The maximum Gasteiger partial charge on any atom is 0.325 e. The number of carbonyl (C=O) groups is 2. The Hall–Kier alpha value is -1.10. The molecule has 1 amide bonds. The van der Waals surface area contributed by atoms with Gasteiger partial charge >= 0.3 is 5.97 Å². The standard InChI is InChI=1S/C13H23NO4/c1-3-8-17-9-7-12(15)14(11-5-6-11)10-13(16)18-4-2/h11H,3-10H2,1-2H3. The first-order valence-electron chi connectivity index (χ1n) is 6.71. The van der Waals surface area contributed by atoms with Crippen LogP contribution in [0.5, 0.6) is 0 Å². The highest BCUT2D eigenvalue weighted by Crippen LogP contribution is 2.27. The Morgan fingerprint density at radius 1 is 1.22 bits per heavy atom. The highest BCUT2D eigenvalue weighted by atomic mass is 16.5. The Morgan fingerprint density at radius 2 is 1.94 bits per heavy atom. The van der Waals surface area contributed by atoms with E-state index < -0.39 is 0 Å². The van der Waals surface area contributed by atoms with Gasteiger partial charge in [0.15, 0.2) is 0 Å². The summed E-state index contributed by atoms with van der Waals surface area (Å²) in [4.78, 5) is 25.0. The highest BCUT2D eigenvalue weighted by Gasteiger charge is 2.33. The van der Waals surface area contributed by atoms with Crippen LogP contribution in [-0.4, -0.2) is 49.2 Å². The molecule has 0 bridgehead atoms. The van der Waals surface area contributed by atoms with Crippen molar-refractivity contribution < 1.29 is 19.1 Å². The van der Waals surface area contributed by atoms with Crippen molar-refractivity contribution in [3.05, 3.63) is 0 Å². The maximum atomic E-state index is 12.0. The fourth-order valence-corrected chi connectivity index (χ4v) is 1.70. The van der Waals surface area contributed by atoms with E-state index in [4.69, 9.17) is 9.47 Å². The third-order valence-electron chi connectivity index (χ3n) is 2.72. The Morgan fingerprint density at radius 3 is 2.50 bits per heavy atom. The van der Waals surface area contributed by atoms with Crippen LogP contribution in [-0.2, 0) is 19.1 Å². The first kappa shape index (κ1) is 15.0. The number of hydrogen-bond donors (Lipinski definition) is 0. The summed E-state index contributed by atoms with van der Waals surface area (Å²) in [5, 5.41) is 0. The maximum absolute atomic E-state index is 12.0. The minimum Gasteiger partial charge on any atom is -0.465 e. The largest absolute Gasteiger partial charge is 0.465 e. The van der Waals surface area contributed by atoms with Crippen molar-refractivity contribution in [1.82, 2.24) is 4.90 Å². The molecule has 0 N–H and O–H groups in total. The normalized spacial score (nSPS) is 14.3. The molecule has 0 radical (unpaired) electrons. The van der Waals surface area contributed by atoms with E-state index in [1.54, 1.807) is 11.8 Å². The van der Waals surface area contributed by atoms with Crippen LogP contribution in [0.25, 0.3) is 0 Å². The fourth-order valence-electron chi connectivity index (χ4n) is 1.70. The summed E-state index contributed by atoms with van der Waals surface area (Å²) in [5.74, 6) is -0.339. The van der Waals surface area contributed by atoms with E-state index >= 15 is 0 Å². The molecular formula is C13H23NO4. The molecule has 0 spiro atoms. The third-order valence-corrected chi connectivity index (χ3v) is 2.72. The summed E-state index contributed by atoms with van der Waals surface area (Å²) < 4.78 is 10.2. The van der Waals surface area contributed by atoms with Crippen molar-refractivity contribution in [2.24, 2.45) is 0 Å². The summed E-state index contributed by atoms with van der Waals surface area (Å²) in [5.41, 5.74) is 0. The summed E-state index contributed by atoms with van der Waals surface area (Å²) >= 11 is 0. The number of ether oxygens (including phenoxy) is 2. The SMILES string of the molecule is CCCOCCC(=O)N(CC(=O)OCC)C1CC1. The van der Waals surface area contributed by atoms with Gasteiger partial charge in [-0.15, -0.1) is 0 Å². The van der Waals surface area contributed by atoms with Crippen molar-refractivity contribution in [3.8, 4) is 0 Å². The monoisotopic (exact) mass is 257 g/mol. The zero-order chi connectivity index (χ0) is 13.4. The van der Waals surface area contributed by atoms with E-state index in [1.165, 1.54) is 0 Å². The van der Waals surface area contributed by atoms with Crippen LogP contribution >= 0.6 is 0 Å². The van der Waals surface area contributed by atoms with E-state index in [1.807, 2.05) is 6.92 Å². The predicted octanol–water partition coefficient (Wildman–Crippen LogP) is 1.36. The number of nitrogens with zero attached hydrogens (tertiary/aromatic N) is 1. The number of carbonyl (C=O) groups excluding carboxylic acids is 2. The molecule has 1 saturated carbocycles. The quantitative estimate of drug-likeness (QED) is 0.462. The van der Waals surface area contributed by atoms with E-state index in [0.29, 0.717) is 26.2 Å². The molecule has 0 saturated heterocycles. The molecule has 1 aliphatic carbocycles. The van der Waals surface area contributed by atoms with Gasteiger partial charge in [-0.25, -0.2) is 0 Å². The summed E-state index contributed by atoms with van der Waals surface area (Å²) in [6.45, 7) is 5.32. The smallest absolute Gasteiger partial charge is 0.325 e. The van der Waals surface area contributed by atoms with Gasteiger partial charge in [0.25, 0.3) is 0 Å². The topological polar surface area (TPSA) is 55.8 Å². The predicted molar refractivity (Wildman–Crippen MR) is 67.1 cm³/mol. The lowest BCUT2D eigenvalue weighted by Gasteiger charge is -2.21. The van der Waals surface area contributed by atoms with Crippen molar-refractivity contribution in [1.29, 1.82) is 0 Å². The average molecular weight is 257 g/mol. The minimum atomic E-state index is -0.327. The summed E-state index contributed by atoms with van der Waals surface area (Å²) in [6, 6.07) is 0.230. The van der Waals surface area contributed by atoms with E-state index in [0.717, 1.165) is 19.3 Å². The van der Waals surface area contributed by atoms with Gasteiger partial charge in [0.1, 0.15) is 6.54 Å². The molecule has 0 unspecified atom stereocenters. The molecule has 1 fully saturated rings. The van der Waals surface area contributed by atoms with Gasteiger partial charge in [-0.05, 0) is 26.2 Å². The molecular weight excluding hydrogens is 234 g/mol. The van der Waals surface area contributed by atoms with Gasteiger partial charge < -0.3 is 14.4 Å². The second-order valence-electron chi connectivity index (χ2n) is 4.42. The van der Waals surface area contributed by atoms with E-state index in [9.17, 15) is 9.59 Å². The number of hydrogen-bond acceptors (Lipinski definition) is 4. The number of amides is 1. The molecule has 5 nitrogen and oxygen atoms in total. The fraction of sp³-hybridized carbons (Fsp3) is 0.846. The molecule has 18 heavy (non-hydrogen) atoms. The summed E-state index contributed by atoms with van der Waals surface area (Å²) in [7, 11) is 0. The Kier molecular flexibility index (Phi) is 6.72. The zero-order valence-corrected chi connectivity index (χ0v) is 11.3. The van der Waals surface area contributed by atoms with Crippen molar-refractivity contribution in [2.75, 3.05) is 26.4 Å². The van der Waals surface area contributed by atoms with Crippen LogP contribution in [0.4, 0.5) is 0 Å². The van der Waals surface area contributed by atoms with Crippen LogP contribution < -0.4 is 0 Å². The van der Waals surface area contributed by atoms with Gasteiger partial charge in [-0.1, -0.05) is 6.92 Å². The van der Waals surface area contributed by atoms with Gasteiger partial charge in [-0.3, -0.25) is 9.59 Å². The lowest BCUT2D eigenvalue weighted by atomic mass is 10.3. The number of rotatable bonds is 9. The molecule has 0 aromatic rings. The molecule has 0 atom stereocenters. The molecule has 0 aromatic carbocycles. The molecule has 104 valence electrons. The second kappa shape index (κ2) is 8.08. The van der Waals surface area contributed by atoms with Crippen LogP contribution in [0.3, 0.4) is 0 Å². The lowest BCUT2D eigenvalue weighted by molar-refractivity contribution is -0.149. The molecule has 1 rings (SSSR count). The van der Waals surface area contributed by atoms with E-state index in [-0.39, 0.29) is 24.5 Å². The van der Waals surface area contributed by atoms with Gasteiger partial charge in [0.2, 0.25) is 5.91 Å².